The molecule has 0 atom stereocenters. The van der Waals surface area contributed by atoms with Gasteiger partial charge in [-0.1, -0.05) is 30.3 Å². The second-order valence-electron chi connectivity index (χ2n) is 6.06. The molecule has 3 aromatic carbocycles. The predicted molar refractivity (Wildman–Crippen MR) is 110 cm³/mol. The molecule has 0 spiro atoms. The number of thiophene rings is 1. The van der Waals surface area contributed by atoms with Crippen LogP contribution in [0, 0.1) is 0 Å². The van der Waals surface area contributed by atoms with E-state index in [1.807, 2.05) is 72.8 Å². The SMILES string of the molecule is COc1ccc(-c2sc3ccccc3c2C(=O)c2ccccc2OC)cc1. The first kappa shape index (κ1) is 17.3. The molecule has 27 heavy (non-hydrogen) atoms. The average molecular weight is 374 g/mol. The van der Waals surface area contributed by atoms with Crippen molar-refractivity contribution in [3.63, 3.8) is 0 Å². The second kappa shape index (κ2) is 7.25. The lowest BCUT2D eigenvalue weighted by atomic mass is 9.97. The zero-order chi connectivity index (χ0) is 18.8. The summed E-state index contributed by atoms with van der Waals surface area (Å²) in [4.78, 5) is 14.5. The quantitative estimate of drug-likeness (QED) is 0.413. The van der Waals surface area contributed by atoms with Gasteiger partial charge in [0.05, 0.1) is 19.8 Å². The Kier molecular flexibility index (Phi) is 4.65. The summed E-state index contributed by atoms with van der Waals surface area (Å²) in [5, 5.41) is 0.962. The molecule has 0 aliphatic carbocycles. The molecule has 0 aliphatic heterocycles. The van der Waals surface area contributed by atoms with Gasteiger partial charge in [0.2, 0.25) is 0 Å². The van der Waals surface area contributed by atoms with E-state index >= 15 is 0 Å². The molecule has 1 aromatic heterocycles. The highest BCUT2D eigenvalue weighted by Gasteiger charge is 2.23. The molecule has 0 N–H and O–H groups in total. The summed E-state index contributed by atoms with van der Waals surface area (Å²) in [7, 11) is 3.23. The fourth-order valence-electron chi connectivity index (χ4n) is 3.18. The lowest BCUT2D eigenvalue weighted by molar-refractivity contribution is 0.103. The molecular formula is C23H18O3S. The summed E-state index contributed by atoms with van der Waals surface area (Å²) < 4.78 is 11.8. The molecule has 0 unspecified atom stereocenters. The minimum Gasteiger partial charge on any atom is -0.497 e. The van der Waals surface area contributed by atoms with Crippen molar-refractivity contribution in [2.45, 2.75) is 0 Å². The molecule has 4 rings (SSSR count). The zero-order valence-electron chi connectivity index (χ0n) is 15.1. The van der Waals surface area contributed by atoms with E-state index in [4.69, 9.17) is 9.47 Å². The van der Waals surface area contributed by atoms with E-state index in [1.54, 1.807) is 25.6 Å². The van der Waals surface area contributed by atoms with Gasteiger partial charge in [0.25, 0.3) is 0 Å². The molecule has 1 heterocycles. The van der Waals surface area contributed by atoms with Crippen molar-refractivity contribution in [3.05, 3.63) is 83.9 Å². The van der Waals surface area contributed by atoms with E-state index in [1.165, 1.54) is 0 Å². The summed E-state index contributed by atoms with van der Waals surface area (Å²) in [6, 6.07) is 23.2. The number of ketones is 1. The predicted octanol–water partition coefficient (Wildman–Crippen LogP) is 5.82. The van der Waals surface area contributed by atoms with Crippen LogP contribution in [0.3, 0.4) is 0 Å². The van der Waals surface area contributed by atoms with Crippen LogP contribution in [0.15, 0.2) is 72.8 Å². The third kappa shape index (κ3) is 3.09. The number of methoxy groups -OCH3 is 2. The summed E-state index contributed by atoms with van der Waals surface area (Å²) >= 11 is 1.62. The van der Waals surface area contributed by atoms with Gasteiger partial charge in [0.1, 0.15) is 11.5 Å². The highest BCUT2D eigenvalue weighted by atomic mass is 32.1. The van der Waals surface area contributed by atoms with E-state index in [-0.39, 0.29) is 5.78 Å². The fourth-order valence-corrected chi connectivity index (χ4v) is 4.39. The lowest BCUT2D eigenvalue weighted by Crippen LogP contribution is -2.04. The van der Waals surface area contributed by atoms with Gasteiger partial charge in [-0.05, 0) is 48.0 Å². The molecule has 0 radical (unpaired) electrons. The van der Waals surface area contributed by atoms with Crippen LogP contribution in [0.1, 0.15) is 15.9 Å². The highest BCUT2D eigenvalue weighted by molar-refractivity contribution is 7.22. The number of benzene rings is 3. The van der Waals surface area contributed by atoms with Gasteiger partial charge in [0, 0.05) is 20.5 Å². The molecular weight excluding hydrogens is 356 g/mol. The van der Waals surface area contributed by atoms with Crippen molar-refractivity contribution in [1.82, 2.24) is 0 Å². The van der Waals surface area contributed by atoms with Crippen molar-refractivity contribution in [2.75, 3.05) is 14.2 Å². The van der Waals surface area contributed by atoms with Crippen molar-refractivity contribution in [1.29, 1.82) is 0 Å². The Bertz CT molecular complexity index is 1110. The summed E-state index contributed by atoms with van der Waals surface area (Å²) in [5.74, 6) is 1.34. The Labute approximate surface area is 161 Å². The molecule has 134 valence electrons. The molecule has 3 nitrogen and oxygen atoms in total. The second-order valence-corrected chi connectivity index (χ2v) is 7.11. The first-order valence-corrected chi connectivity index (χ1v) is 9.38. The Morgan fingerprint density at radius 1 is 0.815 bits per heavy atom. The van der Waals surface area contributed by atoms with Crippen molar-refractivity contribution in [2.24, 2.45) is 0 Å². The number of rotatable bonds is 5. The Morgan fingerprint density at radius 3 is 2.26 bits per heavy atom. The number of hydrogen-bond donors (Lipinski definition) is 0. The van der Waals surface area contributed by atoms with Crippen LogP contribution >= 0.6 is 11.3 Å². The van der Waals surface area contributed by atoms with Crippen molar-refractivity contribution in [3.8, 4) is 21.9 Å². The maximum absolute atomic E-state index is 13.5. The Hall–Kier alpha value is -3.11. The van der Waals surface area contributed by atoms with Gasteiger partial charge in [-0.15, -0.1) is 11.3 Å². The molecule has 0 aliphatic rings. The van der Waals surface area contributed by atoms with Crippen LogP contribution < -0.4 is 9.47 Å². The summed E-state index contributed by atoms with van der Waals surface area (Å²) in [6.45, 7) is 0. The zero-order valence-corrected chi connectivity index (χ0v) is 15.9. The van der Waals surface area contributed by atoms with Gasteiger partial charge in [-0.25, -0.2) is 0 Å². The number of hydrogen-bond acceptors (Lipinski definition) is 4. The van der Waals surface area contributed by atoms with Crippen LogP contribution in [-0.2, 0) is 0 Å². The van der Waals surface area contributed by atoms with Crippen molar-refractivity contribution >= 4 is 27.2 Å². The molecule has 0 bridgehead atoms. The van der Waals surface area contributed by atoms with E-state index in [2.05, 4.69) is 0 Å². The van der Waals surface area contributed by atoms with E-state index in [0.29, 0.717) is 16.9 Å². The molecule has 0 fully saturated rings. The minimum atomic E-state index is -0.0317. The molecule has 4 aromatic rings. The summed E-state index contributed by atoms with van der Waals surface area (Å²) in [5.41, 5.74) is 2.28. The van der Waals surface area contributed by atoms with Crippen LogP contribution in [-0.4, -0.2) is 20.0 Å². The molecule has 0 saturated carbocycles. The Morgan fingerprint density at radius 2 is 1.52 bits per heavy atom. The van der Waals surface area contributed by atoms with Crippen LogP contribution in [0.4, 0.5) is 0 Å². The van der Waals surface area contributed by atoms with Gasteiger partial charge in [-0.3, -0.25) is 4.79 Å². The van der Waals surface area contributed by atoms with Crippen LogP contribution in [0.25, 0.3) is 20.5 Å². The maximum Gasteiger partial charge on any atom is 0.198 e. The lowest BCUT2D eigenvalue weighted by Gasteiger charge is -2.09. The van der Waals surface area contributed by atoms with E-state index in [9.17, 15) is 4.79 Å². The third-order valence-electron chi connectivity index (χ3n) is 4.53. The van der Waals surface area contributed by atoms with Crippen LogP contribution in [0.5, 0.6) is 11.5 Å². The third-order valence-corrected chi connectivity index (χ3v) is 5.75. The maximum atomic E-state index is 13.5. The standard InChI is InChI=1S/C23H18O3S/c1-25-16-13-11-15(12-14-16)23-21(18-8-4-6-10-20(18)27-23)22(24)17-7-3-5-9-19(17)26-2/h3-14H,1-2H3. The highest BCUT2D eigenvalue weighted by Crippen LogP contribution is 2.41. The van der Waals surface area contributed by atoms with Crippen LogP contribution in [0.2, 0.25) is 0 Å². The smallest absolute Gasteiger partial charge is 0.198 e. The molecule has 0 saturated heterocycles. The van der Waals surface area contributed by atoms with Gasteiger partial charge in [-0.2, -0.15) is 0 Å². The average Bonchev–Trinajstić information content (AvgIpc) is 3.12. The topological polar surface area (TPSA) is 35.5 Å². The number of carbonyl (C=O) groups excluding carboxylic acids is 1. The summed E-state index contributed by atoms with van der Waals surface area (Å²) in [6.07, 6.45) is 0. The van der Waals surface area contributed by atoms with E-state index in [0.717, 1.165) is 26.3 Å². The van der Waals surface area contributed by atoms with Gasteiger partial charge >= 0.3 is 0 Å². The fraction of sp³-hybridized carbons (Fsp3) is 0.0870. The van der Waals surface area contributed by atoms with Gasteiger partial charge in [0.15, 0.2) is 5.78 Å². The van der Waals surface area contributed by atoms with E-state index < -0.39 is 0 Å². The number of carbonyl (C=O) groups is 1. The number of ether oxygens (including phenoxy) is 2. The normalized spacial score (nSPS) is 10.7. The van der Waals surface area contributed by atoms with Crippen molar-refractivity contribution < 1.29 is 14.3 Å². The first-order chi connectivity index (χ1) is 13.2. The largest absolute Gasteiger partial charge is 0.497 e. The monoisotopic (exact) mass is 374 g/mol. The molecule has 4 heteroatoms. The Balaban J connectivity index is 1.94. The minimum absolute atomic E-state index is 0.0317. The molecule has 0 amide bonds. The number of para-hydroxylation sites is 1. The first-order valence-electron chi connectivity index (χ1n) is 8.56. The van der Waals surface area contributed by atoms with Gasteiger partial charge < -0.3 is 9.47 Å². The number of fused-ring (bicyclic) bond motifs is 1.